The van der Waals surface area contributed by atoms with Crippen LogP contribution in [0.4, 0.5) is 17.6 Å². The van der Waals surface area contributed by atoms with Crippen LogP contribution in [-0.2, 0) is 40.2 Å². The molecule has 1 aliphatic carbocycles. The monoisotopic (exact) mass is 859 g/mol. The zero-order valence-electron chi connectivity index (χ0n) is 41.0. The van der Waals surface area contributed by atoms with Crippen LogP contribution in [0.5, 0.6) is 0 Å². The maximum Gasteiger partial charge on any atom is 0.416 e. The first-order valence-corrected chi connectivity index (χ1v) is 22.9. The maximum atomic E-state index is 16.1. The molecule has 0 bridgehead atoms. The molecule has 312 valence electrons. The van der Waals surface area contributed by atoms with Crippen molar-refractivity contribution in [2.45, 2.75) is 82.2 Å². The van der Waals surface area contributed by atoms with Gasteiger partial charge in [-0.1, -0.05) is 77.3 Å². The molecule has 0 unspecified atom stereocenters. The zero-order valence-corrected chi connectivity index (χ0v) is 41.8. The quantitative estimate of drug-likeness (QED) is 0.0580. The van der Waals surface area contributed by atoms with Gasteiger partial charge < -0.3 is 14.4 Å². The normalized spacial score (nSPS) is 14.1. The van der Waals surface area contributed by atoms with Gasteiger partial charge in [-0.25, -0.2) is 4.39 Å². The molecule has 0 fully saturated rings. The number of benzene rings is 3. The third kappa shape index (κ3) is 9.67. The highest BCUT2D eigenvalue weighted by Crippen LogP contribution is 2.40. The molecule has 4 aromatic rings. The lowest BCUT2D eigenvalue weighted by Gasteiger charge is -2.66. The summed E-state index contributed by atoms with van der Waals surface area (Å²) < 4.78 is 56.3. The molecule has 63 heavy (non-hydrogen) atoms. The molecule has 0 atom stereocenters. The van der Waals surface area contributed by atoms with E-state index in [9.17, 15) is 22.4 Å². The van der Waals surface area contributed by atoms with Crippen LogP contribution in [0.3, 0.4) is 0 Å². The Bertz CT molecular complexity index is 2430. The van der Waals surface area contributed by atoms with Crippen molar-refractivity contribution in [3.63, 3.8) is 0 Å². The Labute approximate surface area is 390 Å². The lowest BCUT2D eigenvalue weighted by Crippen LogP contribution is -2.83. The van der Waals surface area contributed by atoms with Gasteiger partial charge in [0.1, 0.15) is 138 Å². The van der Waals surface area contributed by atoms with Gasteiger partial charge in [-0.15, -0.1) is 0 Å². The van der Waals surface area contributed by atoms with Gasteiger partial charge in [0.15, 0.2) is 5.16 Å². The highest BCUT2D eigenvalue weighted by Gasteiger charge is 2.55. The summed E-state index contributed by atoms with van der Waals surface area (Å²) in [6, 6.07) is 11.7. The molecule has 1 aromatic heterocycles. The Kier molecular flexibility index (Phi) is 14.1. The number of thioether (sulfide) groups is 1. The van der Waals surface area contributed by atoms with Crippen LogP contribution in [0.1, 0.15) is 48.2 Å². The fourth-order valence-electron chi connectivity index (χ4n) is 11.3. The molecule has 0 aliphatic heterocycles. The number of hydrogen-bond donors (Lipinski definition) is 0. The number of fused-ring (bicyclic) bond motifs is 1. The summed E-state index contributed by atoms with van der Waals surface area (Å²) in [5, 5.41) is -2.70. The predicted molar refractivity (Wildman–Crippen MR) is 299 cm³/mol. The minimum atomic E-state index is -4.45. The largest absolute Gasteiger partial charge is 0.416 e. The number of carbonyl (C=O) groups excluding carboxylic acids is 1. The zero-order chi connectivity index (χ0) is 47.8. The highest BCUT2D eigenvalue weighted by molar-refractivity contribution is 8.02. The Morgan fingerprint density at radius 2 is 1.22 bits per heavy atom. The van der Waals surface area contributed by atoms with Crippen molar-refractivity contribution in [3.05, 3.63) is 92.6 Å². The first kappa shape index (κ1) is 51.1. The fourth-order valence-corrected chi connectivity index (χ4v) is 12.4. The van der Waals surface area contributed by atoms with E-state index in [0.717, 1.165) is 62.8 Å². The SMILES string of the molecule is Bc1c(B)c(C(B)(B)N(C(=O)Cn2c(SC(B)(B)c3ccc(F)cc3)nc(=O)c3c2CCC3)C(B)(B)C(B)(B)N(C(B)(B)C)C(B)(B)C)c(B)c(B)c1-c1ccc(C(F)(F)F)cc1. The van der Waals surface area contributed by atoms with Crippen molar-refractivity contribution in [2.24, 2.45) is 0 Å². The van der Waals surface area contributed by atoms with Crippen LogP contribution < -0.4 is 27.4 Å². The lowest BCUT2D eigenvalue weighted by atomic mass is 9.32. The Morgan fingerprint density at radius 1 is 0.730 bits per heavy atom. The summed E-state index contributed by atoms with van der Waals surface area (Å²) in [4.78, 5) is 39.0. The summed E-state index contributed by atoms with van der Waals surface area (Å²) >= 11 is 1.39. The van der Waals surface area contributed by atoms with E-state index in [1.807, 2.05) is 36.0 Å². The molecule has 1 heterocycles. The van der Waals surface area contributed by atoms with Crippen molar-refractivity contribution in [3.8, 4) is 11.1 Å². The first-order chi connectivity index (χ1) is 28.6. The molecule has 0 saturated carbocycles. The number of nitrogens with zero attached hydrogens (tertiary/aromatic N) is 4. The molecule has 0 saturated heterocycles. The number of carbonyl (C=O) groups is 1. The molecule has 1 amide bonds. The molecule has 6 nitrogen and oxygen atoms in total. The second kappa shape index (κ2) is 17.4. The van der Waals surface area contributed by atoms with Crippen molar-refractivity contribution in [2.75, 3.05) is 0 Å². The van der Waals surface area contributed by atoms with E-state index in [2.05, 4.69) is 123 Å². The van der Waals surface area contributed by atoms with Crippen LogP contribution in [0.15, 0.2) is 58.5 Å². The molecule has 0 N–H and O–H groups in total. The Morgan fingerprint density at radius 3 is 1.70 bits per heavy atom. The highest BCUT2D eigenvalue weighted by atomic mass is 32.2. The van der Waals surface area contributed by atoms with Crippen LogP contribution in [0, 0.1) is 5.82 Å². The van der Waals surface area contributed by atoms with Gasteiger partial charge in [0.05, 0.1) is 5.56 Å². The van der Waals surface area contributed by atoms with E-state index in [-0.39, 0.29) is 34.5 Å². The molecule has 5 rings (SSSR count). The molecule has 0 radical (unpaired) electrons. The van der Waals surface area contributed by atoms with Crippen LogP contribution in [0.25, 0.3) is 11.1 Å². The van der Waals surface area contributed by atoms with E-state index in [1.54, 1.807) is 24.3 Å². The minimum absolute atomic E-state index is 0.0783. The molecule has 3 aromatic carbocycles. The third-order valence-corrected chi connectivity index (χ3v) is 15.1. The van der Waals surface area contributed by atoms with E-state index in [0.29, 0.717) is 29.1 Å². The molecule has 0 spiro atoms. The van der Waals surface area contributed by atoms with Gasteiger partial charge >= 0.3 is 6.18 Å². The summed E-state index contributed by atoms with van der Waals surface area (Å²) in [6.45, 7) is 4.33. The fraction of sp³-hybridized carbons (Fsp3) is 0.361. The van der Waals surface area contributed by atoms with E-state index in [4.69, 9.17) is 0 Å². The maximum absolute atomic E-state index is 16.1. The summed E-state index contributed by atoms with van der Waals surface area (Å²) in [5.74, 6) is -0.490. The van der Waals surface area contributed by atoms with Crippen molar-refractivity contribution in [1.82, 2.24) is 19.4 Å². The number of rotatable bonds is 13. The Balaban J connectivity index is 1.77. The minimum Gasteiger partial charge on any atom is -0.357 e. The Hall–Kier alpha value is -2.92. The average molecular weight is 856 g/mol. The average Bonchev–Trinajstić information content (AvgIpc) is 3.62. The molecule has 27 heteroatoms. The van der Waals surface area contributed by atoms with Crippen LogP contribution >= 0.6 is 11.8 Å². The van der Waals surface area contributed by atoms with Gasteiger partial charge in [-0.05, 0) is 86.1 Å². The summed E-state index contributed by atoms with van der Waals surface area (Å²) in [7, 11) is 33.9. The second-order valence-corrected chi connectivity index (χ2v) is 23.2. The number of alkyl halides is 3. The van der Waals surface area contributed by atoms with Crippen LogP contribution in [-0.4, -0.2) is 172 Å². The topological polar surface area (TPSA) is 58.4 Å². The number of hydrogen-bond acceptors (Lipinski definition) is 5. The standard InChI is InChI=1S/C36H54B16F4N4O2S/c1-30(41,42)60(31(2,43)44)36(51,52)35(49,50)59(32(45,46)23-26(39)24(37)22(25(38)27(23)40)15-6-8-17(9-7-15)34(54,55)56)21(61)14-58-20-5-3-4-19(20)28(62)57-29(58)63-33(47,48)16-10-12-18(53)13-11-16/h6-13H,3-5,14,37-52H2,1-2H3. The number of halogens is 4. The summed E-state index contributed by atoms with van der Waals surface area (Å²) in [5.41, 5.74) is 7.65. The van der Waals surface area contributed by atoms with E-state index >= 15 is 4.79 Å². The predicted octanol–water partition coefficient (Wildman–Crippen LogP) is -12.3. The van der Waals surface area contributed by atoms with E-state index < -0.39 is 32.3 Å². The van der Waals surface area contributed by atoms with Gasteiger partial charge in [0.2, 0.25) is 5.91 Å². The lowest BCUT2D eigenvalue weighted by molar-refractivity contribution is -0.138. The van der Waals surface area contributed by atoms with Gasteiger partial charge in [0, 0.05) is 16.6 Å². The third-order valence-electron chi connectivity index (χ3n) is 13.9. The van der Waals surface area contributed by atoms with Gasteiger partial charge in [-0.2, -0.15) is 18.2 Å². The van der Waals surface area contributed by atoms with Crippen molar-refractivity contribution >= 4 is 165 Å². The van der Waals surface area contributed by atoms with Crippen LogP contribution in [0.2, 0.25) is 0 Å². The molecular formula is C36H54B16F4N4O2S. The van der Waals surface area contributed by atoms with Crippen molar-refractivity contribution in [1.29, 1.82) is 0 Å². The smallest absolute Gasteiger partial charge is 0.357 e. The molecular weight excluding hydrogens is 801 g/mol. The molecule has 1 aliphatic rings. The van der Waals surface area contributed by atoms with Crippen molar-refractivity contribution < 1.29 is 22.4 Å². The van der Waals surface area contributed by atoms with Gasteiger partial charge in [-0.3, -0.25) is 9.59 Å². The van der Waals surface area contributed by atoms with Gasteiger partial charge in [0.25, 0.3) is 5.56 Å². The number of aromatic nitrogens is 2. The second-order valence-electron chi connectivity index (χ2n) is 21.6. The van der Waals surface area contributed by atoms with E-state index in [1.165, 1.54) is 23.9 Å². The number of amides is 1. The first-order valence-electron chi connectivity index (χ1n) is 22.1. The summed E-state index contributed by atoms with van der Waals surface area (Å²) in [6.07, 6.45) is -2.45.